The van der Waals surface area contributed by atoms with Gasteiger partial charge in [-0.25, -0.2) is 0 Å². The molecule has 0 fully saturated rings. The number of aromatic nitrogens is 2. The fraction of sp³-hybridized carbons (Fsp3) is 0.571. The molecule has 10 heavy (non-hydrogen) atoms. The number of nitrogens with zero attached hydrogens (tertiary/aromatic N) is 2. The highest BCUT2D eigenvalue weighted by Crippen LogP contribution is 1.95. The highest BCUT2D eigenvalue weighted by molar-refractivity contribution is 4.99. The summed E-state index contributed by atoms with van der Waals surface area (Å²) in [4.78, 5) is 0. The lowest BCUT2D eigenvalue weighted by Gasteiger charge is -2.02. The van der Waals surface area contributed by atoms with Crippen molar-refractivity contribution in [2.45, 2.75) is 26.5 Å². The van der Waals surface area contributed by atoms with E-state index in [0.717, 1.165) is 5.56 Å². The van der Waals surface area contributed by atoms with Crippen LogP contribution < -0.4 is 0 Å². The molecular formula is C7H12N2O. The van der Waals surface area contributed by atoms with Gasteiger partial charge in [-0.2, -0.15) is 5.10 Å². The van der Waals surface area contributed by atoms with Crippen molar-refractivity contribution >= 4 is 0 Å². The molecule has 0 aliphatic carbocycles. The summed E-state index contributed by atoms with van der Waals surface area (Å²) in [5.41, 5.74) is 1.13. The molecule has 0 saturated heterocycles. The predicted octanol–water partition coefficient (Wildman–Crippen LogP) is 0.572. The van der Waals surface area contributed by atoms with E-state index < -0.39 is 0 Å². The number of aliphatic hydroxyl groups is 1. The third-order valence-corrected chi connectivity index (χ3v) is 1.21. The SMILES string of the molecule is Cc1cnn(CC(C)O)c1. The van der Waals surface area contributed by atoms with Crippen LogP contribution in [0, 0.1) is 6.92 Å². The largest absolute Gasteiger partial charge is 0.391 e. The van der Waals surface area contributed by atoms with Gasteiger partial charge >= 0.3 is 0 Å². The molecule has 56 valence electrons. The molecule has 1 heterocycles. The average Bonchev–Trinajstić information content (AvgIpc) is 2.13. The Morgan fingerprint density at radius 1 is 1.80 bits per heavy atom. The highest BCUT2D eigenvalue weighted by atomic mass is 16.3. The Labute approximate surface area is 60.3 Å². The van der Waals surface area contributed by atoms with E-state index in [4.69, 9.17) is 5.11 Å². The first kappa shape index (κ1) is 7.28. The minimum atomic E-state index is -0.320. The van der Waals surface area contributed by atoms with Crippen LogP contribution in [0.5, 0.6) is 0 Å². The predicted molar refractivity (Wildman–Crippen MR) is 38.6 cm³/mol. The molecule has 1 rings (SSSR count). The van der Waals surface area contributed by atoms with Crippen molar-refractivity contribution < 1.29 is 5.11 Å². The third kappa shape index (κ3) is 1.84. The fourth-order valence-electron chi connectivity index (χ4n) is 0.838. The Morgan fingerprint density at radius 3 is 2.90 bits per heavy atom. The molecule has 1 aromatic heterocycles. The number of aliphatic hydroxyl groups excluding tert-OH is 1. The Hall–Kier alpha value is -0.830. The third-order valence-electron chi connectivity index (χ3n) is 1.21. The van der Waals surface area contributed by atoms with E-state index in [1.807, 2.05) is 13.1 Å². The first-order valence-corrected chi connectivity index (χ1v) is 3.35. The van der Waals surface area contributed by atoms with E-state index in [9.17, 15) is 0 Å². The summed E-state index contributed by atoms with van der Waals surface area (Å²) in [6, 6.07) is 0. The minimum absolute atomic E-state index is 0.320. The van der Waals surface area contributed by atoms with Crippen LogP contribution >= 0.6 is 0 Å². The van der Waals surface area contributed by atoms with Crippen LogP contribution in [0.3, 0.4) is 0 Å². The molecule has 1 N–H and O–H groups in total. The number of hydrogen-bond acceptors (Lipinski definition) is 2. The van der Waals surface area contributed by atoms with Crippen LogP contribution in [0.1, 0.15) is 12.5 Å². The van der Waals surface area contributed by atoms with E-state index >= 15 is 0 Å². The maximum atomic E-state index is 8.95. The van der Waals surface area contributed by atoms with Gasteiger partial charge in [0.25, 0.3) is 0 Å². The van der Waals surface area contributed by atoms with Crippen molar-refractivity contribution in [1.29, 1.82) is 0 Å². The minimum Gasteiger partial charge on any atom is -0.391 e. The zero-order chi connectivity index (χ0) is 7.56. The second-order valence-corrected chi connectivity index (χ2v) is 2.59. The summed E-state index contributed by atoms with van der Waals surface area (Å²) in [5.74, 6) is 0. The lowest BCUT2D eigenvalue weighted by Crippen LogP contribution is -2.11. The summed E-state index contributed by atoms with van der Waals surface area (Å²) in [6.07, 6.45) is 3.37. The fourth-order valence-corrected chi connectivity index (χ4v) is 0.838. The van der Waals surface area contributed by atoms with Crippen LogP contribution in [-0.4, -0.2) is 21.0 Å². The van der Waals surface area contributed by atoms with E-state index in [0.29, 0.717) is 6.54 Å². The summed E-state index contributed by atoms with van der Waals surface area (Å²) < 4.78 is 1.74. The van der Waals surface area contributed by atoms with Gasteiger partial charge in [-0.3, -0.25) is 4.68 Å². The number of rotatable bonds is 2. The molecule has 0 radical (unpaired) electrons. The molecule has 0 amide bonds. The zero-order valence-electron chi connectivity index (χ0n) is 6.28. The Balaban J connectivity index is 2.58. The Bertz CT molecular complexity index is 205. The molecule has 0 aliphatic rings. The van der Waals surface area contributed by atoms with Crippen molar-refractivity contribution in [1.82, 2.24) is 9.78 Å². The van der Waals surface area contributed by atoms with Gasteiger partial charge in [0.1, 0.15) is 0 Å². The molecule has 0 spiro atoms. The Kier molecular flexibility index (Phi) is 2.06. The molecule has 1 unspecified atom stereocenters. The van der Waals surface area contributed by atoms with Gasteiger partial charge in [-0.05, 0) is 19.4 Å². The van der Waals surface area contributed by atoms with Gasteiger partial charge in [-0.1, -0.05) is 0 Å². The summed E-state index contributed by atoms with van der Waals surface area (Å²) in [5, 5.41) is 13.0. The van der Waals surface area contributed by atoms with E-state index in [1.54, 1.807) is 17.8 Å². The van der Waals surface area contributed by atoms with Crippen LogP contribution in [0.2, 0.25) is 0 Å². The number of hydrogen-bond donors (Lipinski definition) is 1. The summed E-state index contributed by atoms with van der Waals surface area (Å²) in [6.45, 7) is 4.30. The van der Waals surface area contributed by atoms with Gasteiger partial charge < -0.3 is 5.11 Å². The maximum Gasteiger partial charge on any atom is 0.0708 e. The van der Waals surface area contributed by atoms with E-state index in [2.05, 4.69) is 5.10 Å². The molecule has 0 aromatic carbocycles. The molecule has 0 bridgehead atoms. The van der Waals surface area contributed by atoms with Crippen LogP contribution in [0.4, 0.5) is 0 Å². The molecular weight excluding hydrogens is 128 g/mol. The van der Waals surface area contributed by atoms with Crippen molar-refractivity contribution in [3.8, 4) is 0 Å². The second kappa shape index (κ2) is 2.84. The van der Waals surface area contributed by atoms with Gasteiger partial charge in [0.2, 0.25) is 0 Å². The van der Waals surface area contributed by atoms with Crippen LogP contribution in [-0.2, 0) is 6.54 Å². The topological polar surface area (TPSA) is 38.0 Å². The van der Waals surface area contributed by atoms with Crippen molar-refractivity contribution in [3.05, 3.63) is 18.0 Å². The van der Waals surface area contributed by atoms with E-state index in [1.165, 1.54) is 0 Å². The monoisotopic (exact) mass is 140 g/mol. The molecule has 0 saturated carbocycles. The molecule has 1 aromatic rings. The highest BCUT2D eigenvalue weighted by Gasteiger charge is 1.97. The van der Waals surface area contributed by atoms with Crippen molar-refractivity contribution in [2.75, 3.05) is 0 Å². The van der Waals surface area contributed by atoms with Crippen molar-refractivity contribution in [2.24, 2.45) is 0 Å². The molecule has 1 atom stereocenters. The van der Waals surface area contributed by atoms with Gasteiger partial charge in [0.15, 0.2) is 0 Å². The quantitative estimate of drug-likeness (QED) is 0.652. The molecule has 0 aliphatic heterocycles. The number of aryl methyl sites for hydroxylation is 1. The van der Waals surface area contributed by atoms with Gasteiger partial charge in [-0.15, -0.1) is 0 Å². The molecule has 3 heteroatoms. The zero-order valence-corrected chi connectivity index (χ0v) is 6.28. The first-order chi connectivity index (χ1) is 4.68. The maximum absolute atomic E-state index is 8.95. The lowest BCUT2D eigenvalue weighted by atomic mass is 10.4. The molecule has 3 nitrogen and oxygen atoms in total. The first-order valence-electron chi connectivity index (χ1n) is 3.35. The van der Waals surface area contributed by atoms with Crippen LogP contribution in [0.25, 0.3) is 0 Å². The van der Waals surface area contributed by atoms with E-state index in [-0.39, 0.29) is 6.10 Å². The summed E-state index contributed by atoms with van der Waals surface area (Å²) >= 11 is 0. The smallest absolute Gasteiger partial charge is 0.0708 e. The second-order valence-electron chi connectivity index (χ2n) is 2.59. The Morgan fingerprint density at radius 2 is 2.50 bits per heavy atom. The standard InChI is InChI=1S/C7H12N2O/c1-6-3-8-9(4-6)5-7(2)10/h3-4,7,10H,5H2,1-2H3. The van der Waals surface area contributed by atoms with Gasteiger partial charge in [0.05, 0.1) is 18.8 Å². The van der Waals surface area contributed by atoms with Gasteiger partial charge in [0, 0.05) is 6.20 Å². The van der Waals surface area contributed by atoms with Crippen LogP contribution in [0.15, 0.2) is 12.4 Å². The average molecular weight is 140 g/mol. The summed E-state index contributed by atoms with van der Waals surface area (Å²) in [7, 11) is 0. The van der Waals surface area contributed by atoms with Crippen molar-refractivity contribution in [3.63, 3.8) is 0 Å². The normalized spacial score (nSPS) is 13.5. The lowest BCUT2D eigenvalue weighted by molar-refractivity contribution is 0.168.